The van der Waals surface area contributed by atoms with Gasteiger partial charge in [-0.1, -0.05) is 92.6 Å². The maximum atomic E-state index is 13.0. The molecule has 0 aliphatic carbocycles. The largest absolute Gasteiger partial charge is 0.489 e. The Hall–Kier alpha value is -3.60. The Balaban J connectivity index is 1.62. The highest BCUT2D eigenvalue weighted by molar-refractivity contribution is 5.88. The number of hydrogen-bond acceptors (Lipinski definition) is 3. The van der Waals surface area contributed by atoms with Gasteiger partial charge in [-0.05, 0) is 41.7 Å². The molecule has 0 bridgehead atoms. The number of carbonyl (C=O) groups excluding carboxylic acids is 2. The van der Waals surface area contributed by atoms with Gasteiger partial charge in [0.1, 0.15) is 18.4 Å². The van der Waals surface area contributed by atoms with Gasteiger partial charge in [0.05, 0.1) is 0 Å². The van der Waals surface area contributed by atoms with Crippen LogP contribution in [-0.4, -0.2) is 18.4 Å². The molecule has 5 nitrogen and oxygen atoms in total. The summed E-state index contributed by atoms with van der Waals surface area (Å²) >= 11 is 0. The Kier molecular flexibility index (Phi) is 10.2. The van der Waals surface area contributed by atoms with E-state index in [1.807, 2.05) is 84.9 Å². The lowest BCUT2D eigenvalue weighted by atomic mass is 10.0. The van der Waals surface area contributed by atoms with Crippen LogP contribution < -0.4 is 15.4 Å². The van der Waals surface area contributed by atoms with Gasteiger partial charge in [0.15, 0.2) is 0 Å². The molecule has 0 aliphatic rings. The molecule has 0 saturated carbocycles. The minimum atomic E-state index is -0.743. The van der Waals surface area contributed by atoms with Crippen molar-refractivity contribution in [2.45, 2.75) is 51.7 Å². The van der Waals surface area contributed by atoms with E-state index in [-0.39, 0.29) is 11.8 Å². The summed E-state index contributed by atoms with van der Waals surface area (Å²) in [4.78, 5) is 25.5. The van der Waals surface area contributed by atoms with Crippen molar-refractivity contribution in [3.05, 3.63) is 102 Å². The molecule has 3 aromatic rings. The SMILES string of the molecule is CCCCCC(=O)N[C@H](C(=O)NCCc1ccccc1)c1ccc(OCc2ccccc2)cc1. The molecule has 0 fully saturated rings. The van der Waals surface area contributed by atoms with Crippen molar-refractivity contribution in [1.29, 1.82) is 0 Å². The van der Waals surface area contributed by atoms with Gasteiger partial charge in [-0.3, -0.25) is 9.59 Å². The maximum absolute atomic E-state index is 13.0. The third kappa shape index (κ3) is 8.39. The third-order valence-electron chi connectivity index (χ3n) is 5.59. The van der Waals surface area contributed by atoms with Gasteiger partial charge < -0.3 is 15.4 Å². The number of ether oxygens (including phenoxy) is 1. The standard InChI is InChI=1S/C29H34N2O3/c1-2-3-6-15-27(32)31-28(29(33)30-21-20-23-11-7-4-8-12-23)25-16-18-26(19-17-25)34-22-24-13-9-5-10-14-24/h4-5,7-14,16-19,28H,2-3,6,15,20-22H2,1H3,(H,30,33)(H,31,32)/t28-/m0/s1. The highest BCUT2D eigenvalue weighted by Crippen LogP contribution is 2.20. The van der Waals surface area contributed by atoms with Crippen LogP contribution in [0.1, 0.15) is 55.3 Å². The lowest BCUT2D eigenvalue weighted by molar-refractivity contribution is -0.129. The molecule has 2 amide bonds. The van der Waals surface area contributed by atoms with Crippen molar-refractivity contribution in [2.75, 3.05) is 6.54 Å². The first-order valence-corrected chi connectivity index (χ1v) is 12.0. The Morgan fingerprint density at radius 2 is 1.47 bits per heavy atom. The number of unbranched alkanes of at least 4 members (excludes halogenated alkanes) is 2. The van der Waals surface area contributed by atoms with E-state index < -0.39 is 6.04 Å². The van der Waals surface area contributed by atoms with Crippen molar-refractivity contribution in [3.63, 3.8) is 0 Å². The molecule has 178 valence electrons. The summed E-state index contributed by atoms with van der Waals surface area (Å²) in [6.45, 7) is 3.07. The zero-order valence-corrected chi connectivity index (χ0v) is 19.8. The van der Waals surface area contributed by atoms with Crippen LogP contribution in [0.25, 0.3) is 0 Å². The van der Waals surface area contributed by atoms with Crippen molar-refractivity contribution >= 4 is 11.8 Å². The molecule has 0 aliphatic heterocycles. The van der Waals surface area contributed by atoms with Crippen molar-refractivity contribution in [1.82, 2.24) is 10.6 Å². The Bertz CT molecular complexity index is 1000. The second-order valence-corrected chi connectivity index (χ2v) is 8.33. The molecule has 0 unspecified atom stereocenters. The number of nitrogens with one attached hydrogen (secondary N) is 2. The normalized spacial score (nSPS) is 11.4. The average molecular weight is 459 g/mol. The molecule has 3 aromatic carbocycles. The summed E-state index contributed by atoms with van der Waals surface area (Å²) in [6.07, 6.45) is 4.00. The summed E-state index contributed by atoms with van der Waals surface area (Å²) in [5, 5.41) is 5.90. The van der Waals surface area contributed by atoms with Crippen molar-refractivity contribution < 1.29 is 14.3 Å². The number of amides is 2. The van der Waals surface area contributed by atoms with Crippen LogP contribution in [0.2, 0.25) is 0 Å². The van der Waals surface area contributed by atoms with Crippen LogP contribution in [0.5, 0.6) is 5.75 Å². The van der Waals surface area contributed by atoms with Crippen LogP contribution in [-0.2, 0) is 22.6 Å². The fourth-order valence-corrected chi connectivity index (χ4v) is 3.64. The van der Waals surface area contributed by atoms with Crippen molar-refractivity contribution in [2.24, 2.45) is 0 Å². The van der Waals surface area contributed by atoms with Gasteiger partial charge in [-0.25, -0.2) is 0 Å². The zero-order chi connectivity index (χ0) is 24.0. The number of carbonyl (C=O) groups is 2. The molecule has 0 spiro atoms. The summed E-state index contributed by atoms with van der Waals surface area (Å²) in [5.41, 5.74) is 2.97. The monoisotopic (exact) mass is 458 g/mol. The van der Waals surface area contributed by atoms with Gasteiger partial charge >= 0.3 is 0 Å². The molecule has 5 heteroatoms. The van der Waals surface area contributed by atoms with Crippen molar-refractivity contribution in [3.8, 4) is 5.75 Å². The van der Waals surface area contributed by atoms with Crippen LogP contribution in [0.15, 0.2) is 84.9 Å². The van der Waals surface area contributed by atoms with Gasteiger partial charge in [0, 0.05) is 13.0 Å². The molecule has 0 saturated heterocycles. The lowest BCUT2D eigenvalue weighted by Gasteiger charge is -2.19. The zero-order valence-electron chi connectivity index (χ0n) is 19.8. The van der Waals surface area contributed by atoms with Gasteiger partial charge in [-0.15, -0.1) is 0 Å². The first-order chi connectivity index (χ1) is 16.7. The van der Waals surface area contributed by atoms with Gasteiger partial charge in [0.2, 0.25) is 11.8 Å². The molecule has 0 heterocycles. The molecule has 1 atom stereocenters. The number of benzene rings is 3. The molecule has 2 N–H and O–H groups in total. The lowest BCUT2D eigenvalue weighted by Crippen LogP contribution is -2.41. The average Bonchev–Trinajstić information content (AvgIpc) is 2.88. The van der Waals surface area contributed by atoms with E-state index in [4.69, 9.17) is 4.74 Å². The smallest absolute Gasteiger partial charge is 0.247 e. The fourth-order valence-electron chi connectivity index (χ4n) is 3.64. The number of rotatable bonds is 13. The Morgan fingerprint density at radius 3 is 2.12 bits per heavy atom. The Labute approximate surface area is 202 Å². The van der Waals surface area contributed by atoms with E-state index in [2.05, 4.69) is 17.6 Å². The molecule has 0 aromatic heterocycles. The fraction of sp³-hybridized carbons (Fsp3) is 0.310. The first-order valence-electron chi connectivity index (χ1n) is 12.0. The van der Waals surface area contributed by atoms with Crippen LogP contribution in [0.3, 0.4) is 0 Å². The summed E-state index contributed by atoms with van der Waals surface area (Å²) in [6, 6.07) is 26.6. The first kappa shape index (κ1) is 25.0. The quantitative estimate of drug-likeness (QED) is 0.339. The predicted octanol–water partition coefficient (Wildman–Crippen LogP) is 5.36. The highest BCUT2D eigenvalue weighted by Gasteiger charge is 2.22. The number of hydrogen-bond donors (Lipinski definition) is 2. The van der Waals surface area contributed by atoms with E-state index in [0.717, 1.165) is 42.4 Å². The van der Waals surface area contributed by atoms with E-state index in [0.29, 0.717) is 25.3 Å². The summed E-state index contributed by atoms with van der Waals surface area (Å²) in [5.74, 6) is 0.393. The predicted molar refractivity (Wildman–Crippen MR) is 135 cm³/mol. The maximum Gasteiger partial charge on any atom is 0.247 e. The highest BCUT2D eigenvalue weighted by atomic mass is 16.5. The summed E-state index contributed by atoms with van der Waals surface area (Å²) in [7, 11) is 0. The molecular weight excluding hydrogens is 424 g/mol. The molecule has 0 radical (unpaired) electrons. The van der Waals surface area contributed by atoms with E-state index >= 15 is 0 Å². The topological polar surface area (TPSA) is 67.4 Å². The van der Waals surface area contributed by atoms with Crippen LogP contribution in [0, 0.1) is 0 Å². The molecular formula is C29H34N2O3. The van der Waals surface area contributed by atoms with E-state index in [1.165, 1.54) is 0 Å². The van der Waals surface area contributed by atoms with E-state index in [1.54, 1.807) is 0 Å². The van der Waals surface area contributed by atoms with E-state index in [9.17, 15) is 9.59 Å². The Morgan fingerprint density at radius 1 is 0.824 bits per heavy atom. The van der Waals surface area contributed by atoms with Crippen LogP contribution >= 0.6 is 0 Å². The minimum Gasteiger partial charge on any atom is -0.489 e. The summed E-state index contributed by atoms with van der Waals surface area (Å²) < 4.78 is 5.86. The van der Waals surface area contributed by atoms with Crippen LogP contribution in [0.4, 0.5) is 0 Å². The van der Waals surface area contributed by atoms with Gasteiger partial charge in [0.25, 0.3) is 0 Å². The minimum absolute atomic E-state index is 0.110. The van der Waals surface area contributed by atoms with Gasteiger partial charge in [-0.2, -0.15) is 0 Å². The third-order valence-corrected chi connectivity index (χ3v) is 5.59. The second kappa shape index (κ2) is 13.8. The second-order valence-electron chi connectivity index (χ2n) is 8.33. The molecule has 34 heavy (non-hydrogen) atoms. The molecule has 3 rings (SSSR count).